The topological polar surface area (TPSA) is 96.3 Å². The van der Waals surface area contributed by atoms with Gasteiger partial charge in [0.2, 0.25) is 0 Å². The van der Waals surface area contributed by atoms with E-state index in [1.807, 2.05) is 6.07 Å². The number of amidine groups is 1. The largest absolute Gasteiger partial charge is 0.386 e. The summed E-state index contributed by atoms with van der Waals surface area (Å²) in [6.07, 6.45) is 0. The zero-order valence-corrected chi connectivity index (χ0v) is 18.9. The highest BCUT2D eigenvalue weighted by molar-refractivity contribution is 7.93. The Balaban J connectivity index is 1.85. The van der Waals surface area contributed by atoms with E-state index in [4.69, 9.17) is 11.0 Å². The van der Waals surface area contributed by atoms with Gasteiger partial charge in [0.05, 0.1) is 22.3 Å². The maximum atomic E-state index is 15.0. The van der Waals surface area contributed by atoms with Gasteiger partial charge in [-0.1, -0.05) is 30.3 Å². The van der Waals surface area contributed by atoms with Gasteiger partial charge in [0, 0.05) is 10.4 Å². The summed E-state index contributed by atoms with van der Waals surface area (Å²) in [6, 6.07) is 15.5. The molecule has 0 aliphatic carbocycles. The average Bonchev–Trinajstić information content (AvgIpc) is 3.14. The number of halogens is 2. The van der Waals surface area contributed by atoms with Crippen molar-refractivity contribution in [2.45, 2.75) is 24.1 Å². The van der Waals surface area contributed by atoms with E-state index in [0.717, 1.165) is 17.4 Å². The number of benzene rings is 2. The summed E-state index contributed by atoms with van der Waals surface area (Å²) in [4.78, 5) is 5.06. The molecular formula is C23H19F2N3O2S2. The second-order valence-corrected chi connectivity index (χ2v) is 11.4. The molecule has 0 radical (unpaired) electrons. The van der Waals surface area contributed by atoms with Crippen LogP contribution in [0.4, 0.5) is 8.78 Å². The third-order valence-corrected chi connectivity index (χ3v) is 9.82. The molecule has 2 aromatic carbocycles. The molecule has 2 N–H and O–H groups in total. The third kappa shape index (κ3) is 3.31. The minimum atomic E-state index is -4.09. The SMILES string of the molecule is C[C@@]1(c2ccccc2F)C(N)=N[C@](C)(c2sc(-c3cccc(C#N)c3)cc2F)CS1(=O)=O. The van der Waals surface area contributed by atoms with Crippen LogP contribution in [0.25, 0.3) is 10.4 Å². The van der Waals surface area contributed by atoms with Crippen molar-refractivity contribution in [1.82, 2.24) is 0 Å². The van der Waals surface area contributed by atoms with Crippen LogP contribution in [0.1, 0.15) is 29.9 Å². The van der Waals surface area contributed by atoms with Gasteiger partial charge in [-0.05, 0) is 43.7 Å². The first-order valence-corrected chi connectivity index (χ1v) is 12.1. The van der Waals surface area contributed by atoms with Crippen LogP contribution in [-0.2, 0) is 20.1 Å². The second kappa shape index (κ2) is 7.50. The smallest absolute Gasteiger partial charge is 0.169 e. The van der Waals surface area contributed by atoms with Crippen molar-refractivity contribution in [3.05, 3.63) is 82.2 Å². The van der Waals surface area contributed by atoms with Crippen LogP contribution >= 0.6 is 11.3 Å². The van der Waals surface area contributed by atoms with Gasteiger partial charge in [-0.25, -0.2) is 17.2 Å². The predicted molar refractivity (Wildman–Crippen MR) is 121 cm³/mol. The molecule has 4 rings (SSSR count). The fraction of sp³-hybridized carbons (Fsp3) is 0.217. The summed E-state index contributed by atoms with van der Waals surface area (Å²) in [5, 5.41) is 9.12. The van der Waals surface area contributed by atoms with Crippen LogP contribution in [-0.4, -0.2) is 20.0 Å². The van der Waals surface area contributed by atoms with Crippen LogP contribution in [0.5, 0.6) is 0 Å². The Kier molecular flexibility index (Phi) is 5.18. The minimum Gasteiger partial charge on any atom is -0.386 e. The molecule has 2 atom stereocenters. The number of hydrogen-bond acceptors (Lipinski definition) is 6. The summed E-state index contributed by atoms with van der Waals surface area (Å²) >= 11 is 1.05. The van der Waals surface area contributed by atoms with Crippen LogP contribution in [0.15, 0.2) is 59.6 Å². The van der Waals surface area contributed by atoms with Gasteiger partial charge < -0.3 is 5.73 Å². The number of hydrogen-bond donors (Lipinski definition) is 1. The van der Waals surface area contributed by atoms with E-state index in [9.17, 15) is 12.8 Å². The second-order valence-electron chi connectivity index (χ2n) is 8.02. The van der Waals surface area contributed by atoms with E-state index in [1.165, 1.54) is 38.1 Å². The molecule has 1 aliphatic rings. The molecule has 0 fully saturated rings. The van der Waals surface area contributed by atoms with Crippen LogP contribution in [0.3, 0.4) is 0 Å². The van der Waals surface area contributed by atoms with Gasteiger partial charge in [-0.3, -0.25) is 4.99 Å². The lowest BCUT2D eigenvalue weighted by molar-refractivity contribution is 0.479. The van der Waals surface area contributed by atoms with E-state index in [0.29, 0.717) is 16.0 Å². The van der Waals surface area contributed by atoms with Gasteiger partial charge in [0.1, 0.15) is 23.0 Å². The highest BCUT2D eigenvalue weighted by atomic mass is 32.2. The highest BCUT2D eigenvalue weighted by Gasteiger charge is 2.54. The average molecular weight is 472 g/mol. The lowest BCUT2D eigenvalue weighted by Crippen LogP contribution is -2.54. The Morgan fingerprint density at radius 1 is 1.09 bits per heavy atom. The Morgan fingerprint density at radius 2 is 1.81 bits per heavy atom. The quantitative estimate of drug-likeness (QED) is 0.609. The number of aliphatic imine (C=N–C) groups is 1. The standard InChI is InChI=1S/C23H19F2N3O2S2/c1-22(20-18(25)11-19(31-20)15-7-5-6-14(10-15)12-26)13-32(29,30)23(2,21(27)28-22)16-8-3-4-9-17(16)24/h3-11H,13H2,1-2H3,(H2,27,28)/t22-,23+/m0/s1. The first-order valence-electron chi connectivity index (χ1n) is 9.65. The number of sulfone groups is 1. The van der Waals surface area contributed by atoms with E-state index in [-0.39, 0.29) is 16.3 Å². The Labute approximate surface area is 188 Å². The van der Waals surface area contributed by atoms with Crippen molar-refractivity contribution in [2.75, 3.05) is 5.75 Å². The van der Waals surface area contributed by atoms with Crippen molar-refractivity contribution in [3.63, 3.8) is 0 Å². The van der Waals surface area contributed by atoms with E-state index < -0.39 is 37.5 Å². The van der Waals surface area contributed by atoms with Gasteiger partial charge in [-0.2, -0.15) is 5.26 Å². The minimum absolute atomic E-state index is 0.0936. The molecule has 0 bridgehead atoms. The first-order chi connectivity index (χ1) is 15.0. The number of nitriles is 1. The summed E-state index contributed by atoms with van der Waals surface area (Å²) in [5.74, 6) is -2.16. The summed E-state index contributed by atoms with van der Waals surface area (Å²) in [5.41, 5.74) is 5.64. The summed E-state index contributed by atoms with van der Waals surface area (Å²) < 4.78 is 54.6. The third-order valence-electron chi connectivity index (χ3n) is 5.79. The normalized spacial score (nSPS) is 24.5. The molecule has 2 heterocycles. The van der Waals surface area contributed by atoms with Crippen LogP contribution in [0.2, 0.25) is 0 Å². The summed E-state index contributed by atoms with van der Waals surface area (Å²) in [6.45, 7) is 2.82. The Hall–Kier alpha value is -3.09. The fourth-order valence-electron chi connectivity index (χ4n) is 3.97. The number of rotatable bonds is 3. The molecule has 32 heavy (non-hydrogen) atoms. The molecule has 9 heteroatoms. The molecule has 0 amide bonds. The van der Waals surface area contributed by atoms with Crippen LogP contribution in [0, 0.1) is 23.0 Å². The lowest BCUT2D eigenvalue weighted by Gasteiger charge is -2.39. The van der Waals surface area contributed by atoms with Crippen LogP contribution < -0.4 is 5.73 Å². The molecule has 1 aromatic heterocycles. The molecule has 0 saturated carbocycles. The molecule has 0 spiro atoms. The molecule has 0 saturated heterocycles. The van der Waals surface area contributed by atoms with Gasteiger partial charge in [0.25, 0.3) is 0 Å². The Morgan fingerprint density at radius 3 is 2.47 bits per heavy atom. The number of nitrogens with two attached hydrogens (primary N) is 1. The van der Waals surface area contributed by atoms with Crippen molar-refractivity contribution in [2.24, 2.45) is 10.7 Å². The van der Waals surface area contributed by atoms with Gasteiger partial charge in [-0.15, -0.1) is 11.3 Å². The zero-order chi connectivity index (χ0) is 23.3. The monoisotopic (exact) mass is 471 g/mol. The Bertz CT molecular complexity index is 1410. The highest BCUT2D eigenvalue weighted by Crippen LogP contribution is 2.46. The maximum absolute atomic E-state index is 15.0. The fourth-order valence-corrected chi connectivity index (χ4v) is 7.28. The van der Waals surface area contributed by atoms with Crippen molar-refractivity contribution < 1.29 is 17.2 Å². The lowest BCUT2D eigenvalue weighted by atomic mass is 9.96. The molecule has 3 aromatic rings. The zero-order valence-electron chi connectivity index (χ0n) is 17.3. The molecule has 0 unspecified atom stereocenters. The van der Waals surface area contributed by atoms with Crippen molar-refractivity contribution in [3.8, 4) is 16.5 Å². The van der Waals surface area contributed by atoms with Crippen molar-refractivity contribution >= 4 is 27.0 Å². The van der Waals surface area contributed by atoms with E-state index in [1.54, 1.807) is 24.3 Å². The summed E-state index contributed by atoms with van der Waals surface area (Å²) in [7, 11) is -4.09. The number of thiophene rings is 1. The molecular weight excluding hydrogens is 452 g/mol. The predicted octanol–water partition coefficient (Wildman–Crippen LogP) is 4.48. The maximum Gasteiger partial charge on any atom is 0.169 e. The van der Waals surface area contributed by atoms with Gasteiger partial charge >= 0.3 is 0 Å². The van der Waals surface area contributed by atoms with Gasteiger partial charge in [0.15, 0.2) is 14.6 Å². The molecule has 5 nitrogen and oxygen atoms in total. The van der Waals surface area contributed by atoms with E-state index in [2.05, 4.69) is 4.99 Å². The molecule has 164 valence electrons. The molecule has 1 aliphatic heterocycles. The first kappa shape index (κ1) is 22.1. The van der Waals surface area contributed by atoms with E-state index >= 15 is 4.39 Å². The number of nitrogens with zero attached hydrogens (tertiary/aromatic N) is 2. The van der Waals surface area contributed by atoms with Crippen molar-refractivity contribution in [1.29, 1.82) is 5.26 Å².